The van der Waals surface area contributed by atoms with Crippen molar-refractivity contribution in [2.45, 2.75) is 74.1 Å². The normalized spacial score (nSPS) is 13.8. The average Bonchev–Trinajstić information content (AvgIpc) is 2.93. The molecule has 2 aromatic rings. The highest BCUT2D eigenvalue weighted by Crippen LogP contribution is 2.42. The summed E-state index contributed by atoms with van der Waals surface area (Å²) in [6, 6.07) is 3.66. The predicted octanol–water partition coefficient (Wildman–Crippen LogP) is 8.40. The van der Waals surface area contributed by atoms with Crippen molar-refractivity contribution < 1.29 is 23.7 Å². The number of rotatable bonds is 11. The zero-order valence-electron chi connectivity index (χ0n) is 25.8. The van der Waals surface area contributed by atoms with Crippen molar-refractivity contribution in [1.82, 2.24) is 0 Å². The van der Waals surface area contributed by atoms with E-state index in [1.807, 2.05) is 26.0 Å². The van der Waals surface area contributed by atoms with Gasteiger partial charge in [0.1, 0.15) is 28.8 Å². The van der Waals surface area contributed by atoms with Gasteiger partial charge in [-0.3, -0.25) is 0 Å². The number of benzene rings is 2. The van der Waals surface area contributed by atoms with Crippen molar-refractivity contribution in [3.8, 4) is 23.0 Å². The van der Waals surface area contributed by atoms with E-state index in [1.54, 1.807) is 33.5 Å². The van der Waals surface area contributed by atoms with E-state index in [-0.39, 0.29) is 6.79 Å². The van der Waals surface area contributed by atoms with Crippen LogP contribution in [0, 0.1) is 26.2 Å². The number of hydrogen-bond donors (Lipinski definition) is 0. The van der Waals surface area contributed by atoms with Crippen LogP contribution < -0.4 is 18.9 Å². The Bertz CT molecular complexity index is 1180. The third-order valence-electron chi connectivity index (χ3n) is 7.46. The van der Waals surface area contributed by atoms with Crippen LogP contribution in [0.15, 0.2) is 48.8 Å². The van der Waals surface area contributed by atoms with Gasteiger partial charge in [-0.15, -0.1) is 0 Å². The Hall–Kier alpha value is -3.34. The Morgan fingerprint density at radius 3 is 2.08 bits per heavy atom. The minimum atomic E-state index is 0.0704. The van der Waals surface area contributed by atoms with Gasteiger partial charge in [-0.25, -0.2) is 0 Å². The third kappa shape index (κ3) is 7.40. The van der Waals surface area contributed by atoms with E-state index in [2.05, 4.69) is 47.8 Å². The molecule has 1 aliphatic rings. The van der Waals surface area contributed by atoms with E-state index in [1.165, 1.54) is 34.2 Å². The second kappa shape index (κ2) is 14.2. The van der Waals surface area contributed by atoms with Crippen molar-refractivity contribution in [1.29, 1.82) is 0 Å². The molecule has 0 amide bonds. The minimum Gasteiger partial charge on any atom is -0.496 e. The standard InChI is InChI=1S/C32H42O5.C2H6/c1-11-12-28(20(2)15-26-29(34-9)16-24(33-8)17-30(26)35-10)36-19-37-31-22(4)21(3)27-18-32(6,7)14-13-25(27)23(31)5;1-2/h11-12,16-17H,1-2,13-15,18-19H2,3-10H3;1-2H3/b28-12-;. The van der Waals surface area contributed by atoms with Gasteiger partial charge in [0.25, 0.3) is 0 Å². The largest absolute Gasteiger partial charge is 0.496 e. The predicted molar refractivity (Wildman–Crippen MR) is 162 cm³/mol. The number of fused-ring (bicyclic) bond motifs is 1. The SMILES string of the molecule is C=C/C=C(\OCOc1c(C)c(C)c2c(c1C)CCC(C)(C)C2)C(=C)Cc1c(OC)cc(OC)cc1OC.CC. The highest BCUT2D eigenvalue weighted by molar-refractivity contribution is 5.56. The van der Waals surface area contributed by atoms with Crippen molar-refractivity contribution in [3.05, 3.63) is 82.2 Å². The molecule has 3 rings (SSSR count). The lowest BCUT2D eigenvalue weighted by Crippen LogP contribution is -2.24. The molecular formula is C34H48O5. The van der Waals surface area contributed by atoms with Gasteiger partial charge in [0.2, 0.25) is 6.79 Å². The maximum absolute atomic E-state index is 6.26. The molecule has 0 spiro atoms. The molecular weight excluding hydrogens is 488 g/mol. The van der Waals surface area contributed by atoms with Crippen molar-refractivity contribution in [2.75, 3.05) is 28.1 Å². The summed E-state index contributed by atoms with van der Waals surface area (Å²) in [5, 5.41) is 0. The van der Waals surface area contributed by atoms with Crippen LogP contribution in [0.3, 0.4) is 0 Å². The number of ether oxygens (including phenoxy) is 5. The molecule has 0 aliphatic heterocycles. The summed E-state index contributed by atoms with van der Waals surface area (Å²) in [7, 11) is 4.86. The highest BCUT2D eigenvalue weighted by atomic mass is 16.7. The van der Waals surface area contributed by atoms with Crippen LogP contribution in [0.4, 0.5) is 0 Å². The lowest BCUT2D eigenvalue weighted by Gasteiger charge is -2.34. The smallest absolute Gasteiger partial charge is 0.230 e. The molecule has 0 atom stereocenters. The molecule has 0 saturated carbocycles. The fourth-order valence-corrected chi connectivity index (χ4v) is 5.17. The van der Waals surface area contributed by atoms with Gasteiger partial charge in [-0.05, 0) is 84.9 Å². The topological polar surface area (TPSA) is 46.2 Å². The molecule has 39 heavy (non-hydrogen) atoms. The molecule has 1 aliphatic carbocycles. The Morgan fingerprint density at radius 2 is 1.54 bits per heavy atom. The van der Waals surface area contributed by atoms with E-state index in [4.69, 9.17) is 23.7 Å². The lowest BCUT2D eigenvalue weighted by molar-refractivity contribution is 0.0634. The zero-order valence-corrected chi connectivity index (χ0v) is 25.8. The van der Waals surface area contributed by atoms with Gasteiger partial charge >= 0.3 is 0 Å². The Kier molecular flexibility index (Phi) is 11.6. The molecule has 0 saturated heterocycles. The number of allylic oxidation sites excluding steroid dienone is 3. The van der Waals surface area contributed by atoms with E-state index in [0.717, 1.165) is 29.7 Å². The first-order chi connectivity index (χ1) is 18.6. The minimum absolute atomic E-state index is 0.0704. The van der Waals surface area contributed by atoms with Gasteiger partial charge in [0, 0.05) is 24.1 Å². The van der Waals surface area contributed by atoms with E-state index >= 15 is 0 Å². The van der Waals surface area contributed by atoms with Crippen molar-refractivity contribution >= 4 is 0 Å². The molecule has 0 unspecified atom stereocenters. The van der Waals surface area contributed by atoms with Gasteiger partial charge in [0.15, 0.2) is 0 Å². The van der Waals surface area contributed by atoms with Crippen molar-refractivity contribution in [3.63, 3.8) is 0 Å². The Morgan fingerprint density at radius 1 is 0.923 bits per heavy atom. The summed E-state index contributed by atoms with van der Waals surface area (Å²) in [6.07, 6.45) is 7.32. The molecule has 2 aromatic carbocycles. The molecule has 0 aromatic heterocycles. The van der Waals surface area contributed by atoms with Crippen molar-refractivity contribution in [2.24, 2.45) is 5.41 Å². The summed E-state index contributed by atoms with van der Waals surface area (Å²) in [5.41, 5.74) is 8.59. The zero-order chi connectivity index (χ0) is 29.3. The molecule has 214 valence electrons. The second-order valence-corrected chi connectivity index (χ2v) is 10.5. The summed E-state index contributed by atoms with van der Waals surface area (Å²) in [6.45, 7) is 23.4. The summed E-state index contributed by atoms with van der Waals surface area (Å²) >= 11 is 0. The van der Waals surface area contributed by atoms with Crippen LogP contribution in [0.2, 0.25) is 0 Å². The van der Waals surface area contributed by atoms with Crippen LogP contribution in [0.1, 0.15) is 67.5 Å². The summed E-state index contributed by atoms with van der Waals surface area (Å²) < 4.78 is 28.9. The van der Waals surface area contributed by atoms with Crippen LogP contribution >= 0.6 is 0 Å². The quantitative estimate of drug-likeness (QED) is 0.164. The Labute approximate surface area is 236 Å². The second-order valence-electron chi connectivity index (χ2n) is 10.5. The first-order valence-electron chi connectivity index (χ1n) is 13.7. The molecule has 0 fully saturated rings. The van der Waals surface area contributed by atoms with E-state index in [9.17, 15) is 0 Å². The van der Waals surface area contributed by atoms with Crippen LogP contribution in [-0.2, 0) is 24.0 Å². The fourth-order valence-electron chi connectivity index (χ4n) is 5.17. The molecule has 5 nitrogen and oxygen atoms in total. The summed E-state index contributed by atoms with van der Waals surface area (Å²) in [4.78, 5) is 0. The maximum atomic E-state index is 6.26. The van der Waals surface area contributed by atoms with Crippen LogP contribution in [-0.4, -0.2) is 28.1 Å². The van der Waals surface area contributed by atoms with Gasteiger partial charge in [-0.2, -0.15) is 0 Å². The fraction of sp³-hybridized carbons (Fsp3) is 0.471. The highest BCUT2D eigenvalue weighted by Gasteiger charge is 2.29. The van der Waals surface area contributed by atoms with E-state index < -0.39 is 0 Å². The number of hydrogen-bond acceptors (Lipinski definition) is 5. The molecule has 0 bridgehead atoms. The van der Waals surface area contributed by atoms with Gasteiger partial charge in [0.05, 0.1) is 21.3 Å². The monoisotopic (exact) mass is 536 g/mol. The molecule has 0 N–H and O–H groups in total. The first kappa shape index (κ1) is 31.9. The third-order valence-corrected chi connectivity index (χ3v) is 7.46. The lowest BCUT2D eigenvalue weighted by atomic mass is 9.71. The average molecular weight is 537 g/mol. The van der Waals surface area contributed by atoms with E-state index in [0.29, 0.717) is 34.8 Å². The molecule has 0 radical (unpaired) electrons. The van der Waals surface area contributed by atoms with Crippen LogP contribution in [0.25, 0.3) is 0 Å². The van der Waals surface area contributed by atoms with Gasteiger partial charge in [-0.1, -0.05) is 46.9 Å². The maximum Gasteiger partial charge on any atom is 0.230 e. The van der Waals surface area contributed by atoms with Crippen LogP contribution in [0.5, 0.6) is 23.0 Å². The van der Waals surface area contributed by atoms with Gasteiger partial charge < -0.3 is 23.7 Å². The first-order valence-corrected chi connectivity index (χ1v) is 13.7. The molecule has 0 heterocycles. The summed E-state index contributed by atoms with van der Waals surface area (Å²) in [5.74, 6) is 3.49. The number of methoxy groups -OCH3 is 3. The molecule has 5 heteroatoms. The Balaban J connectivity index is 0.00000260.